The van der Waals surface area contributed by atoms with Gasteiger partial charge in [0.1, 0.15) is 0 Å². The number of rotatable bonds is 0. The van der Waals surface area contributed by atoms with Crippen molar-refractivity contribution in [2.24, 2.45) is 0 Å². The van der Waals surface area contributed by atoms with Gasteiger partial charge in [0.15, 0.2) is 0 Å². The SMILES string of the molecule is [NH]CC#CCl. The van der Waals surface area contributed by atoms with E-state index in [9.17, 15) is 0 Å². The Kier molecular flexibility index (Phi) is 3.67. The fourth-order valence-corrected chi connectivity index (χ4v) is 0.100. The van der Waals surface area contributed by atoms with E-state index >= 15 is 0 Å². The smallest absolute Gasteiger partial charge is 0.0724 e. The number of halogens is 1. The summed E-state index contributed by atoms with van der Waals surface area (Å²) < 4.78 is 0. The quantitative estimate of drug-likeness (QED) is 0.385. The summed E-state index contributed by atoms with van der Waals surface area (Å²) >= 11 is 4.82. The highest BCUT2D eigenvalue weighted by atomic mass is 35.5. The van der Waals surface area contributed by atoms with Gasteiger partial charge in [0, 0.05) is 5.38 Å². The Morgan fingerprint density at radius 3 is 2.40 bits per heavy atom. The molecule has 0 aliphatic rings. The average molecular weight is 88.5 g/mol. The third-order valence-electron chi connectivity index (χ3n) is 0.155. The van der Waals surface area contributed by atoms with E-state index in [-0.39, 0.29) is 6.54 Å². The predicted molar refractivity (Wildman–Crippen MR) is 21.6 cm³/mol. The molecule has 0 aliphatic heterocycles. The summed E-state index contributed by atoms with van der Waals surface area (Å²) in [4.78, 5) is 0. The van der Waals surface area contributed by atoms with E-state index in [4.69, 9.17) is 17.3 Å². The molecule has 0 aromatic carbocycles. The van der Waals surface area contributed by atoms with Crippen molar-refractivity contribution in [2.75, 3.05) is 6.54 Å². The van der Waals surface area contributed by atoms with Gasteiger partial charge in [-0.05, 0) is 11.6 Å². The molecule has 27 valence electrons. The summed E-state index contributed by atoms with van der Waals surface area (Å²) in [5.41, 5.74) is 6.34. The molecule has 1 nitrogen and oxygen atoms in total. The molecule has 5 heavy (non-hydrogen) atoms. The van der Waals surface area contributed by atoms with Crippen molar-refractivity contribution in [3.63, 3.8) is 0 Å². The summed E-state index contributed by atoms with van der Waals surface area (Å²) in [6, 6.07) is 0. The van der Waals surface area contributed by atoms with Gasteiger partial charge in [0.2, 0.25) is 0 Å². The van der Waals surface area contributed by atoms with Crippen LogP contribution in [-0.2, 0) is 0 Å². The standard InChI is InChI=1S/C3H3ClN/c4-2-1-3-5/h5H,3H2. The van der Waals surface area contributed by atoms with E-state index < -0.39 is 0 Å². The minimum Gasteiger partial charge on any atom is -0.245 e. The fourth-order valence-electron chi connectivity index (χ4n) is 0.0334. The van der Waals surface area contributed by atoms with Crippen LogP contribution in [0.25, 0.3) is 0 Å². The second kappa shape index (κ2) is 3.81. The van der Waals surface area contributed by atoms with Crippen molar-refractivity contribution < 1.29 is 0 Å². The van der Waals surface area contributed by atoms with Crippen LogP contribution in [0, 0.1) is 11.3 Å². The van der Waals surface area contributed by atoms with E-state index in [0.29, 0.717) is 0 Å². The molecule has 0 atom stereocenters. The molecule has 0 saturated carbocycles. The van der Waals surface area contributed by atoms with Gasteiger partial charge in [-0.2, -0.15) is 0 Å². The van der Waals surface area contributed by atoms with Gasteiger partial charge >= 0.3 is 0 Å². The third kappa shape index (κ3) is 3.81. The molecular weight excluding hydrogens is 85.5 g/mol. The fraction of sp³-hybridized carbons (Fsp3) is 0.333. The lowest BCUT2D eigenvalue weighted by atomic mass is 10.7. The Hall–Kier alpha value is -0.190. The van der Waals surface area contributed by atoms with Gasteiger partial charge in [0.25, 0.3) is 0 Å². The molecule has 1 N–H and O–H groups in total. The maximum atomic E-state index is 6.34. The molecule has 0 aliphatic carbocycles. The van der Waals surface area contributed by atoms with Crippen molar-refractivity contribution in [1.82, 2.24) is 5.73 Å². The van der Waals surface area contributed by atoms with Crippen LogP contribution in [0.4, 0.5) is 0 Å². The third-order valence-corrected chi connectivity index (χ3v) is 0.289. The van der Waals surface area contributed by atoms with Crippen molar-refractivity contribution in [3.05, 3.63) is 0 Å². The molecule has 1 radical (unpaired) electrons. The molecule has 0 fully saturated rings. The van der Waals surface area contributed by atoms with Crippen molar-refractivity contribution in [3.8, 4) is 11.3 Å². The summed E-state index contributed by atoms with van der Waals surface area (Å²) in [5.74, 6) is 2.29. The molecule has 0 aromatic rings. The van der Waals surface area contributed by atoms with Crippen LogP contribution in [0.15, 0.2) is 0 Å². The molecule has 0 heterocycles. The van der Waals surface area contributed by atoms with Crippen LogP contribution in [0.3, 0.4) is 0 Å². The molecule has 0 rings (SSSR count). The van der Waals surface area contributed by atoms with Crippen LogP contribution in [0.2, 0.25) is 0 Å². The minimum atomic E-state index is 0.101. The maximum Gasteiger partial charge on any atom is 0.0724 e. The van der Waals surface area contributed by atoms with Gasteiger partial charge in [-0.1, -0.05) is 5.92 Å². The molecule has 0 saturated heterocycles. The Bertz CT molecular complexity index is 59.0. The highest BCUT2D eigenvalue weighted by molar-refractivity contribution is 6.30. The second-order valence-corrected chi connectivity index (χ2v) is 0.637. The van der Waals surface area contributed by atoms with Gasteiger partial charge < -0.3 is 0 Å². The first-order chi connectivity index (χ1) is 2.41. The Labute approximate surface area is 36.1 Å². The summed E-state index contributed by atoms with van der Waals surface area (Å²) in [5, 5.41) is 2.05. The van der Waals surface area contributed by atoms with Crippen LogP contribution in [0.1, 0.15) is 0 Å². The monoisotopic (exact) mass is 88.0 g/mol. The predicted octanol–water partition coefficient (Wildman–Crippen LogP) is 0.469. The van der Waals surface area contributed by atoms with E-state index in [0.717, 1.165) is 0 Å². The Morgan fingerprint density at radius 2 is 2.40 bits per heavy atom. The number of nitrogens with one attached hydrogen (secondary N) is 1. The Morgan fingerprint density at radius 1 is 1.80 bits per heavy atom. The molecular formula is C3H3ClN. The first-order valence-electron chi connectivity index (χ1n) is 1.15. The minimum absolute atomic E-state index is 0.101. The molecule has 0 unspecified atom stereocenters. The molecule has 0 amide bonds. The highest BCUT2D eigenvalue weighted by Crippen LogP contribution is 1.57. The first kappa shape index (κ1) is 4.81. The molecule has 0 bridgehead atoms. The summed E-state index contributed by atoms with van der Waals surface area (Å²) in [7, 11) is 0. The first-order valence-corrected chi connectivity index (χ1v) is 1.52. The average Bonchev–Trinajstić information content (AvgIpc) is 1.41. The van der Waals surface area contributed by atoms with Crippen molar-refractivity contribution in [2.45, 2.75) is 0 Å². The zero-order valence-electron chi connectivity index (χ0n) is 2.59. The van der Waals surface area contributed by atoms with E-state index in [1.807, 2.05) is 0 Å². The van der Waals surface area contributed by atoms with Crippen LogP contribution in [0.5, 0.6) is 0 Å². The Balaban J connectivity index is 2.81. The number of hydrogen-bond acceptors (Lipinski definition) is 0. The van der Waals surface area contributed by atoms with Crippen molar-refractivity contribution in [1.29, 1.82) is 0 Å². The van der Waals surface area contributed by atoms with E-state index in [2.05, 4.69) is 11.3 Å². The van der Waals surface area contributed by atoms with Crippen molar-refractivity contribution >= 4 is 11.6 Å². The molecule has 0 aromatic heterocycles. The zero-order valence-corrected chi connectivity index (χ0v) is 3.34. The second-order valence-electron chi connectivity index (χ2n) is 0.448. The lowest BCUT2D eigenvalue weighted by Crippen LogP contribution is -1.71. The van der Waals surface area contributed by atoms with Crippen LogP contribution < -0.4 is 5.73 Å². The van der Waals surface area contributed by atoms with Gasteiger partial charge in [-0.15, -0.1) is 0 Å². The lowest BCUT2D eigenvalue weighted by Gasteiger charge is -1.56. The molecule has 0 spiro atoms. The summed E-state index contributed by atoms with van der Waals surface area (Å²) in [6.07, 6.45) is 0. The lowest BCUT2D eigenvalue weighted by molar-refractivity contribution is 1.24. The highest BCUT2D eigenvalue weighted by Gasteiger charge is 1.50. The topological polar surface area (TPSA) is 23.8 Å². The normalized spacial score (nSPS) is 5.20. The molecule has 2 heteroatoms. The summed E-state index contributed by atoms with van der Waals surface area (Å²) in [6.45, 7) is 0.101. The van der Waals surface area contributed by atoms with Gasteiger partial charge in [-0.25, -0.2) is 5.73 Å². The maximum absolute atomic E-state index is 6.34. The van der Waals surface area contributed by atoms with E-state index in [1.54, 1.807) is 0 Å². The number of hydrogen-bond donors (Lipinski definition) is 0. The van der Waals surface area contributed by atoms with Crippen LogP contribution >= 0.6 is 11.6 Å². The largest absolute Gasteiger partial charge is 0.245 e. The van der Waals surface area contributed by atoms with E-state index in [1.165, 1.54) is 0 Å². The van der Waals surface area contributed by atoms with Crippen LogP contribution in [-0.4, -0.2) is 6.54 Å². The van der Waals surface area contributed by atoms with Gasteiger partial charge in [0.05, 0.1) is 6.54 Å². The van der Waals surface area contributed by atoms with Gasteiger partial charge in [-0.3, -0.25) is 0 Å². The zero-order chi connectivity index (χ0) is 4.12.